The van der Waals surface area contributed by atoms with E-state index in [-0.39, 0.29) is 16.2 Å². The number of benzene rings is 4. The van der Waals surface area contributed by atoms with Crippen LogP contribution in [0.25, 0.3) is 11.1 Å². The number of hydrogen-bond donors (Lipinski definition) is 3. The number of aromatic hydroxyl groups is 1. The summed E-state index contributed by atoms with van der Waals surface area (Å²) in [6.07, 6.45) is 6.15. The minimum atomic E-state index is -4.60. The van der Waals surface area contributed by atoms with Crippen molar-refractivity contribution in [3.8, 4) is 22.6 Å². The Labute approximate surface area is 285 Å². The largest absolute Gasteiger partial charge is 0.508 e. The zero-order valence-electron chi connectivity index (χ0n) is 26.9. The molecule has 4 rings (SSSR count). The van der Waals surface area contributed by atoms with Gasteiger partial charge in [0.25, 0.3) is 10.1 Å². The van der Waals surface area contributed by atoms with E-state index in [1.807, 2.05) is 24.3 Å². The van der Waals surface area contributed by atoms with E-state index in [9.17, 15) is 27.4 Å². The Balaban J connectivity index is 1.58. The number of aliphatic hydroxyl groups is 1. The summed E-state index contributed by atoms with van der Waals surface area (Å²) in [6.45, 7) is 4.87. The first-order chi connectivity index (χ1) is 22.6. The maximum atomic E-state index is 12.7. The van der Waals surface area contributed by atoms with Crippen molar-refractivity contribution in [3.05, 3.63) is 102 Å². The number of phenolic OH excluding ortho intramolecular Hbond substituents is 1. The summed E-state index contributed by atoms with van der Waals surface area (Å²) in [4.78, 5) is 0.862. The van der Waals surface area contributed by atoms with Crippen LogP contribution in [0.3, 0.4) is 0 Å². The van der Waals surface area contributed by atoms with Gasteiger partial charge in [0, 0.05) is 37.7 Å². The fourth-order valence-electron chi connectivity index (χ4n) is 5.23. The van der Waals surface area contributed by atoms with Crippen molar-refractivity contribution >= 4 is 32.7 Å². The van der Waals surface area contributed by atoms with Crippen LogP contribution >= 0.6 is 11.8 Å². The molecular weight excluding hydrogens is 653 g/mol. The summed E-state index contributed by atoms with van der Waals surface area (Å²) in [5, 5.41) is 22.3. The van der Waals surface area contributed by atoms with Gasteiger partial charge in [-0.15, -0.1) is 0 Å². The molecule has 2 unspecified atom stereocenters. The Morgan fingerprint density at radius 3 is 2.28 bits per heavy atom. The van der Waals surface area contributed by atoms with Gasteiger partial charge in [0.2, 0.25) is 0 Å². The maximum absolute atomic E-state index is 12.7. The van der Waals surface area contributed by atoms with E-state index < -0.39 is 27.0 Å². The summed E-state index contributed by atoms with van der Waals surface area (Å²) in [5.41, 5.74) is 2.46. The summed E-state index contributed by atoms with van der Waals surface area (Å²) in [5.74, 6) is 1.55. The molecule has 2 atom stereocenters. The maximum Gasteiger partial charge on any atom is 0.295 e. The molecule has 0 saturated heterocycles. The van der Waals surface area contributed by atoms with Gasteiger partial charge in [0.05, 0.1) is 6.61 Å². The summed E-state index contributed by atoms with van der Waals surface area (Å²) in [7, 11) is -5.67. The van der Waals surface area contributed by atoms with Crippen molar-refractivity contribution in [3.63, 3.8) is 0 Å². The van der Waals surface area contributed by atoms with Gasteiger partial charge in [-0.25, -0.2) is 0 Å². The fraction of sp³-hybridized carbons (Fsp3) is 0.351. The first-order valence-corrected chi connectivity index (χ1v) is 19.8. The minimum Gasteiger partial charge on any atom is -0.508 e. The van der Waals surface area contributed by atoms with Crippen molar-refractivity contribution in [2.45, 2.75) is 85.3 Å². The predicted octanol–water partition coefficient (Wildman–Crippen LogP) is 8.94. The molecule has 0 fully saturated rings. The van der Waals surface area contributed by atoms with E-state index >= 15 is 0 Å². The molecule has 0 aliphatic heterocycles. The molecule has 0 spiro atoms. The topological polar surface area (TPSA) is 121 Å². The summed E-state index contributed by atoms with van der Waals surface area (Å²) >= 11 is 1.20. The van der Waals surface area contributed by atoms with Crippen LogP contribution in [0.1, 0.15) is 81.6 Å². The molecule has 0 bridgehead atoms. The molecule has 7 nitrogen and oxygen atoms in total. The Morgan fingerprint density at radius 1 is 0.830 bits per heavy atom. The molecular formula is C37H44O7S3. The zero-order valence-corrected chi connectivity index (χ0v) is 29.4. The Morgan fingerprint density at radius 2 is 1.55 bits per heavy atom. The van der Waals surface area contributed by atoms with E-state index in [2.05, 4.69) is 13.8 Å². The number of aliphatic hydroxyl groups excluding tert-OH is 1. The van der Waals surface area contributed by atoms with Crippen molar-refractivity contribution in [1.82, 2.24) is 0 Å². The SMILES string of the molecule is CCCCCCCS(=O)Cc1ccc(O)c(C(O)c2ccccc2-c2ccc(Sc3ccc(OCCCC)cc3)c(S(=O)(=O)O)c2)c1. The van der Waals surface area contributed by atoms with E-state index in [1.54, 1.807) is 48.5 Å². The van der Waals surface area contributed by atoms with Crippen LogP contribution in [-0.2, 0) is 26.7 Å². The van der Waals surface area contributed by atoms with Crippen molar-refractivity contribution in [1.29, 1.82) is 0 Å². The zero-order chi connectivity index (χ0) is 33.8. The third-order valence-corrected chi connectivity index (χ3v) is 11.3. The molecule has 4 aromatic carbocycles. The van der Waals surface area contributed by atoms with Crippen LogP contribution in [0.15, 0.2) is 99.6 Å². The molecule has 3 N–H and O–H groups in total. The second-order valence-corrected chi connectivity index (χ2v) is 15.6. The molecule has 0 heterocycles. The van der Waals surface area contributed by atoms with Gasteiger partial charge in [-0.3, -0.25) is 8.76 Å². The van der Waals surface area contributed by atoms with Gasteiger partial charge in [-0.05, 0) is 83.6 Å². The van der Waals surface area contributed by atoms with Crippen molar-refractivity contribution in [2.24, 2.45) is 0 Å². The molecule has 47 heavy (non-hydrogen) atoms. The van der Waals surface area contributed by atoms with E-state index in [4.69, 9.17) is 4.74 Å². The van der Waals surface area contributed by atoms with Crippen LogP contribution < -0.4 is 4.74 Å². The van der Waals surface area contributed by atoms with Gasteiger partial charge in [0.15, 0.2) is 0 Å². The van der Waals surface area contributed by atoms with Gasteiger partial charge >= 0.3 is 0 Å². The molecule has 0 aliphatic carbocycles. The van der Waals surface area contributed by atoms with Gasteiger partial charge in [-0.2, -0.15) is 8.42 Å². The molecule has 0 aliphatic rings. The standard InChI is InChI=1S/C37H44O7S3/c1-3-5-7-8-11-23-46(40)26-27-14-20-34(38)33(24-27)37(39)32-13-10-9-12-31(32)28-15-21-35(36(25-28)47(41,42)43)45-30-18-16-29(17-19-30)44-22-6-4-2/h9-10,12-21,24-25,37-39H,3-8,11,22-23,26H2,1-2H3,(H,41,42,43). The van der Waals surface area contributed by atoms with E-state index in [0.29, 0.717) is 39.7 Å². The number of unbranched alkanes of at least 4 members (excludes halogenated alkanes) is 5. The van der Waals surface area contributed by atoms with Crippen LogP contribution in [0.5, 0.6) is 11.5 Å². The predicted molar refractivity (Wildman–Crippen MR) is 190 cm³/mol. The number of rotatable bonds is 18. The lowest BCUT2D eigenvalue weighted by molar-refractivity contribution is 0.216. The van der Waals surface area contributed by atoms with Crippen LogP contribution in [-0.4, -0.2) is 39.8 Å². The lowest BCUT2D eigenvalue weighted by Gasteiger charge is -2.19. The lowest BCUT2D eigenvalue weighted by Crippen LogP contribution is -2.06. The summed E-state index contributed by atoms with van der Waals surface area (Å²) < 4.78 is 53.8. The highest BCUT2D eigenvalue weighted by molar-refractivity contribution is 8.00. The Hall–Kier alpha value is -3.15. The van der Waals surface area contributed by atoms with Crippen LogP contribution in [0, 0.1) is 0 Å². The molecule has 0 saturated carbocycles. The van der Waals surface area contributed by atoms with Crippen molar-refractivity contribution < 1.29 is 32.1 Å². The highest BCUT2D eigenvalue weighted by Crippen LogP contribution is 2.40. The monoisotopic (exact) mass is 696 g/mol. The average molecular weight is 697 g/mol. The summed E-state index contributed by atoms with van der Waals surface area (Å²) in [6, 6.07) is 24.0. The van der Waals surface area contributed by atoms with Gasteiger partial charge in [-0.1, -0.05) is 94.1 Å². The molecule has 0 amide bonds. The third-order valence-electron chi connectivity index (χ3n) is 7.80. The molecule has 0 radical (unpaired) electrons. The smallest absolute Gasteiger partial charge is 0.295 e. The minimum absolute atomic E-state index is 0.103. The molecule has 252 valence electrons. The number of ether oxygens (including phenoxy) is 1. The quantitative estimate of drug-likeness (QED) is 0.0697. The molecule has 4 aromatic rings. The van der Waals surface area contributed by atoms with Crippen LogP contribution in [0.2, 0.25) is 0 Å². The first kappa shape index (κ1) is 36.7. The van der Waals surface area contributed by atoms with Gasteiger partial charge < -0.3 is 14.9 Å². The fourth-order valence-corrected chi connectivity index (χ4v) is 8.31. The Bertz CT molecular complexity index is 1740. The van der Waals surface area contributed by atoms with Gasteiger partial charge in [0.1, 0.15) is 22.5 Å². The van der Waals surface area contributed by atoms with Crippen LogP contribution in [0.4, 0.5) is 0 Å². The third kappa shape index (κ3) is 10.7. The normalized spacial score (nSPS) is 12.9. The highest BCUT2D eigenvalue weighted by Gasteiger charge is 2.22. The number of hydrogen-bond acceptors (Lipinski definition) is 7. The first-order valence-electron chi connectivity index (χ1n) is 16.1. The second kappa shape index (κ2) is 17.8. The second-order valence-electron chi connectivity index (χ2n) is 11.5. The van der Waals surface area contributed by atoms with Crippen molar-refractivity contribution in [2.75, 3.05) is 12.4 Å². The molecule has 10 heteroatoms. The average Bonchev–Trinajstić information content (AvgIpc) is 3.06. The lowest BCUT2D eigenvalue weighted by atomic mass is 9.92. The van der Waals surface area contributed by atoms with E-state index in [0.717, 1.165) is 54.7 Å². The number of phenols is 1. The Kier molecular flexibility index (Phi) is 13.9. The van der Waals surface area contributed by atoms with E-state index in [1.165, 1.54) is 30.3 Å². The molecule has 0 aromatic heterocycles. The highest BCUT2D eigenvalue weighted by atomic mass is 32.2.